The third kappa shape index (κ3) is 6.60. The standard InChI is InChI=1S/C33H29ClF4N6O3/c1-45-31-11-19(4-7-39-31)26-13-27-29(14-40-26)44(15-23-6-9-46-23)30(41-27)17-43-8-5-20-10-24(33(36,37)38)32(42-28(20)16-43)47-18-21-2-3-22(34)12-25(21)35/h2-4,7,10-14,23H,5-6,8-9,15-18H2,1H3/t23-/m0/s1. The number of halogens is 5. The molecule has 0 radical (unpaired) electrons. The van der Waals surface area contributed by atoms with Crippen LogP contribution in [0.5, 0.6) is 11.8 Å². The first-order valence-corrected chi connectivity index (χ1v) is 15.4. The van der Waals surface area contributed by atoms with Gasteiger partial charge in [0.25, 0.3) is 0 Å². The van der Waals surface area contributed by atoms with Gasteiger partial charge in [0.2, 0.25) is 11.8 Å². The van der Waals surface area contributed by atoms with Crippen LogP contribution in [0, 0.1) is 5.82 Å². The number of aromatic nitrogens is 5. The minimum absolute atomic E-state index is 0.0602. The van der Waals surface area contributed by atoms with Crippen molar-refractivity contribution in [2.24, 2.45) is 0 Å². The number of hydrogen-bond donors (Lipinski definition) is 0. The first-order valence-electron chi connectivity index (χ1n) is 15.0. The van der Waals surface area contributed by atoms with Crippen LogP contribution in [0.1, 0.15) is 34.6 Å². The lowest BCUT2D eigenvalue weighted by Crippen LogP contribution is -2.34. The second kappa shape index (κ2) is 12.7. The van der Waals surface area contributed by atoms with Crippen molar-refractivity contribution in [2.45, 2.75) is 51.4 Å². The van der Waals surface area contributed by atoms with Gasteiger partial charge in [0.1, 0.15) is 23.8 Å². The summed E-state index contributed by atoms with van der Waals surface area (Å²) in [5, 5.41) is 0.175. The van der Waals surface area contributed by atoms with Crippen molar-refractivity contribution in [2.75, 3.05) is 20.3 Å². The van der Waals surface area contributed by atoms with E-state index < -0.39 is 30.0 Å². The fraction of sp³-hybridized carbons (Fsp3) is 0.333. The van der Waals surface area contributed by atoms with E-state index in [0.717, 1.165) is 46.7 Å². The van der Waals surface area contributed by atoms with E-state index in [1.165, 1.54) is 12.1 Å². The van der Waals surface area contributed by atoms with Crippen molar-refractivity contribution in [1.29, 1.82) is 0 Å². The summed E-state index contributed by atoms with van der Waals surface area (Å²) < 4.78 is 75.1. The van der Waals surface area contributed by atoms with Crippen molar-refractivity contribution in [3.05, 3.63) is 93.9 Å². The number of benzene rings is 1. The molecular formula is C33H29ClF4N6O3. The molecule has 2 aliphatic rings. The zero-order chi connectivity index (χ0) is 32.7. The molecule has 6 heterocycles. The van der Waals surface area contributed by atoms with E-state index in [1.54, 1.807) is 25.6 Å². The van der Waals surface area contributed by atoms with Crippen LogP contribution in [0.25, 0.3) is 22.3 Å². The van der Waals surface area contributed by atoms with E-state index in [-0.39, 0.29) is 23.2 Å². The van der Waals surface area contributed by atoms with Gasteiger partial charge in [0, 0.05) is 48.1 Å². The molecule has 0 N–H and O–H groups in total. The van der Waals surface area contributed by atoms with Crippen molar-refractivity contribution >= 4 is 22.6 Å². The molecule has 244 valence electrons. The SMILES string of the molecule is COc1cc(-c2cc3nc(CN4CCc5cc(C(F)(F)F)c(OCc6ccc(Cl)cc6F)nc5C4)n(C[C@@H]4CCO4)c3cn2)ccn1. The van der Waals surface area contributed by atoms with Crippen LogP contribution < -0.4 is 9.47 Å². The Balaban J connectivity index is 1.16. The number of imidazole rings is 1. The van der Waals surface area contributed by atoms with Gasteiger partial charge in [-0.3, -0.25) is 9.88 Å². The lowest BCUT2D eigenvalue weighted by Gasteiger charge is -2.30. The first-order chi connectivity index (χ1) is 22.6. The third-order valence-corrected chi connectivity index (χ3v) is 8.64. The largest absolute Gasteiger partial charge is 0.481 e. The zero-order valence-corrected chi connectivity index (χ0v) is 26.0. The van der Waals surface area contributed by atoms with Crippen LogP contribution in [0.2, 0.25) is 5.02 Å². The predicted molar refractivity (Wildman–Crippen MR) is 164 cm³/mol. The Morgan fingerprint density at radius 3 is 2.68 bits per heavy atom. The number of methoxy groups -OCH3 is 1. The summed E-state index contributed by atoms with van der Waals surface area (Å²) >= 11 is 5.81. The number of ether oxygens (including phenoxy) is 3. The average Bonchev–Trinajstić information content (AvgIpc) is 3.37. The number of hydrogen-bond acceptors (Lipinski definition) is 8. The third-order valence-electron chi connectivity index (χ3n) is 8.41. The summed E-state index contributed by atoms with van der Waals surface area (Å²) in [4.78, 5) is 20.3. The van der Waals surface area contributed by atoms with Crippen LogP contribution in [-0.2, 0) is 43.6 Å². The molecule has 5 aromatic rings. The molecule has 0 bridgehead atoms. The normalized spacial score (nSPS) is 16.6. The maximum Gasteiger partial charge on any atom is 0.421 e. The van der Waals surface area contributed by atoms with E-state index in [9.17, 15) is 17.6 Å². The van der Waals surface area contributed by atoms with Crippen molar-refractivity contribution in [1.82, 2.24) is 29.4 Å². The van der Waals surface area contributed by atoms with E-state index in [4.69, 9.17) is 35.8 Å². The summed E-state index contributed by atoms with van der Waals surface area (Å²) in [5.74, 6) is -0.00188. The zero-order valence-electron chi connectivity index (χ0n) is 25.2. The van der Waals surface area contributed by atoms with Crippen LogP contribution >= 0.6 is 11.6 Å². The molecule has 47 heavy (non-hydrogen) atoms. The lowest BCUT2D eigenvalue weighted by atomic mass is 10.0. The molecular weight excluding hydrogens is 640 g/mol. The summed E-state index contributed by atoms with van der Waals surface area (Å²) in [6, 6.07) is 10.6. The van der Waals surface area contributed by atoms with Gasteiger partial charge in [-0.1, -0.05) is 17.7 Å². The Morgan fingerprint density at radius 2 is 1.94 bits per heavy atom. The number of rotatable bonds is 9. The molecule has 1 atom stereocenters. The molecule has 1 aromatic carbocycles. The lowest BCUT2D eigenvalue weighted by molar-refractivity contribution is -0.139. The molecule has 0 unspecified atom stereocenters. The molecule has 2 aliphatic heterocycles. The number of pyridine rings is 3. The van der Waals surface area contributed by atoms with Crippen molar-refractivity contribution in [3.8, 4) is 23.0 Å². The Labute approximate surface area is 272 Å². The predicted octanol–water partition coefficient (Wildman–Crippen LogP) is 6.63. The van der Waals surface area contributed by atoms with E-state index in [2.05, 4.69) is 19.4 Å². The fourth-order valence-corrected chi connectivity index (χ4v) is 5.96. The number of alkyl halides is 3. The monoisotopic (exact) mass is 668 g/mol. The fourth-order valence-electron chi connectivity index (χ4n) is 5.80. The highest BCUT2D eigenvalue weighted by molar-refractivity contribution is 6.30. The summed E-state index contributed by atoms with van der Waals surface area (Å²) in [6.45, 7) is 2.09. The highest BCUT2D eigenvalue weighted by Crippen LogP contribution is 2.38. The molecule has 1 fully saturated rings. The van der Waals surface area contributed by atoms with Crippen LogP contribution in [0.4, 0.5) is 17.6 Å². The van der Waals surface area contributed by atoms with E-state index in [1.807, 2.05) is 12.1 Å². The van der Waals surface area contributed by atoms with Crippen molar-refractivity contribution in [3.63, 3.8) is 0 Å². The molecule has 9 nitrogen and oxygen atoms in total. The van der Waals surface area contributed by atoms with E-state index in [0.29, 0.717) is 49.8 Å². The van der Waals surface area contributed by atoms with E-state index >= 15 is 0 Å². The second-order valence-corrected chi connectivity index (χ2v) is 11.9. The first kappa shape index (κ1) is 31.3. The topological polar surface area (TPSA) is 87.4 Å². The molecule has 7 rings (SSSR count). The van der Waals surface area contributed by atoms with Gasteiger partial charge in [-0.25, -0.2) is 19.3 Å². The molecule has 0 spiro atoms. The highest BCUT2D eigenvalue weighted by atomic mass is 35.5. The minimum Gasteiger partial charge on any atom is -0.481 e. The smallest absolute Gasteiger partial charge is 0.421 e. The number of fused-ring (bicyclic) bond motifs is 2. The number of nitrogens with zero attached hydrogens (tertiary/aromatic N) is 6. The summed E-state index contributed by atoms with van der Waals surface area (Å²) in [6.07, 6.45) is 0.113. The second-order valence-electron chi connectivity index (χ2n) is 11.5. The van der Waals surface area contributed by atoms with Gasteiger partial charge < -0.3 is 18.8 Å². The molecule has 0 saturated carbocycles. The van der Waals surface area contributed by atoms with Gasteiger partial charge >= 0.3 is 6.18 Å². The van der Waals surface area contributed by atoms with Crippen LogP contribution in [0.15, 0.2) is 54.9 Å². The quantitative estimate of drug-likeness (QED) is 0.162. The van der Waals surface area contributed by atoms with Crippen LogP contribution in [0.3, 0.4) is 0 Å². The van der Waals surface area contributed by atoms with Gasteiger partial charge in [-0.05, 0) is 48.7 Å². The molecule has 1 saturated heterocycles. The Kier molecular flexibility index (Phi) is 8.45. The average molecular weight is 669 g/mol. The molecule has 0 aliphatic carbocycles. The van der Waals surface area contributed by atoms with Crippen LogP contribution in [-0.4, -0.2) is 55.8 Å². The van der Waals surface area contributed by atoms with Gasteiger partial charge in [-0.2, -0.15) is 13.2 Å². The Hall–Kier alpha value is -4.33. The minimum atomic E-state index is -4.70. The molecule has 4 aromatic heterocycles. The summed E-state index contributed by atoms with van der Waals surface area (Å²) in [7, 11) is 1.55. The van der Waals surface area contributed by atoms with Gasteiger partial charge in [0.15, 0.2) is 0 Å². The Morgan fingerprint density at radius 1 is 1.09 bits per heavy atom. The van der Waals surface area contributed by atoms with Gasteiger partial charge in [-0.15, -0.1) is 0 Å². The van der Waals surface area contributed by atoms with Crippen molar-refractivity contribution < 1.29 is 31.8 Å². The maximum absolute atomic E-state index is 14.3. The van der Waals surface area contributed by atoms with Gasteiger partial charge in [0.05, 0.1) is 54.9 Å². The molecule has 0 amide bonds. The maximum atomic E-state index is 14.3. The highest BCUT2D eigenvalue weighted by Gasteiger charge is 2.37. The molecule has 14 heteroatoms. The Bertz CT molecular complexity index is 1950. The summed E-state index contributed by atoms with van der Waals surface area (Å²) in [5.41, 5.74) is 3.22.